The quantitative estimate of drug-likeness (QED) is 0.382. The molecule has 1 aliphatic heterocycles. The molecule has 0 radical (unpaired) electrons. The number of aromatic nitrogens is 6. The van der Waals surface area contributed by atoms with E-state index in [1.807, 2.05) is 19.1 Å². The Bertz CT molecular complexity index is 1280. The number of hydrogen-bond acceptors (Lipinski definition) is 8. The molecule has 3 aromatic heterocycles. The van der Waals surface area contributed by atoms with Crippen LogP contribution < -0.4 is 4.74 Å². The van der Waals surface area contributed by atoms with E-state index in [0.717, 1.165) is 12.8 Å². The fourth-order valence-corrected chi connectivity index (χ4v) is 4.46. The first-order valence-corrected chi connectivity index (χ1v) is 10.9. The summed E-state index contributed by atoms with van der Waals surface area (Å²) < 4.78 is 11.4. The minimum atomic E-state index is -1.03. The van der Waals surface area contributed by atoms with Crippen LogP contribution in [-0.2, 0) is 10.3 Å². The lowest BCUT2D eigenvalue weighted by Crippen LogP contribution is -2.42. The normalized spacial score (nSPS) is 17.9. The third kappa shape index (κ3) is 3.52. The number of ether oxygens (including phenoxy) is 1. The van der Waals surface area contributed by atoms with Gasteiger partial charge in [-0.15, -0.1) is 0 Å². The van der Waals surface area contributed by atoms with Crippen molar-refractivity contribution < 1.29 is 14.1 Å². The zero-order chi connectivity index (χ0) is 22.8. The second-order valence-corrected chi connectivity index (χ2v) is 7.89. The highest BCUT2D eigenvalue weighted by Crippen LogP contribution is 2.46. The van der Waals surface area contributed by atoms with E-state index in [1.165, 1.54) is 4.80 Å². The Kier molecular flexibility index (Phi) is 5.51. The summed E-state index contributed by atoms with van der Waals surface area (Å²) in [5.41, 5.74) is 0.922. The van der Waals surface area contributed by atoms with Crippen molar-refractivity contribution in [2.45, 2.75) is 25.3 Å². The van der Waals surface area contributed by atoms with Crippen molar-refractivity contribution in [1.82, 2.24) is 35.0 Å². The van der Waals surface area contributed by atoms with Gasteiger partial charge in [-0.1, -0.05) is 16.8 Å². The number of carbonyl (C=O) groups excluding carboxylic acids is 1. The number of carbonyl (C=O) groups is 1. The van der Waals surface area contributed by atoms with E-state index in [-0.39, 0.29) is 5.89 Å². The van der Waals surface area contributed by atoms with E-state index < -0.39 is 5.54 Å². The molecule has 0 N–H and O–H groups in total. The molecule has 0 spiro atoms. The molecule has 5 rings (SSSR count). The molecule has 1 saturated heterocycles. The monoisotopic (exact) mass is 465 g/mol. The van der Waals surface area contributed by atoms with Gasteiger partial charge >= 0.3 is 0 Å². The topological polar surface area (TPSA) is 112 Å². The number of halogens is 1. The highest BCUT2D eigenvalue weighted by Gasteiger charge is 2.50. The summed E-state index contributed by atoms with van der Waals surface area (Å²) in [5.74, 6) is 0.993. The molecule has 4 aromatic rings. The van der Waals surface area contributed by atoms with Crippen molar-refractivity contribution in [2.75, 3.05) is 13.2 Å². The van der Waals surface area contributed by atoms with Gasteiger partial charge in [0.05, 0.1) is 30.3 Å². The van der Waals surface area contributed by atoms with Crippen LogP contribution in [-0.4, -0.2) is 54.6 Å². The van der Waals surface area contributed by atoms with Crippen LogP contribution in [0.25, 0.3) is 17.1 Å². The summed E-state index contributed by atoms with van der Waals surface area (Å²) in [7, 11) is 0. The molecule has 4 heterocycles. The van der Waals surface area contributed by atoms with Gasteiger partial charge in [0, 0.05) is 23.3 Å². The van der Waals surface area contributed by atoms with E-state index in [9.17, 15) is 4.79 Å². The molecule has 0 unspecified atom stereocenters. The van der Waals surface area contributed by atoms with Crippen LogP contribution >= 0.6 is 11.6 Å². The molecule has 1 fully saturated rings. The van der Waals surface area contributed by atoms with Crippen LogP contribution in [0.2, 0.25) is 5.02 Å². The Hall–Kier alpha value is -3.79. The number of rotatable bonds is 7. The van der Waals surface area contributed by atoms with Crippen LogP contribution in [0.5, 0.6) is 5.88 Å². The Labute approximate surface area is 194 Å². The molecule has 1 aliphatic rings. The minimum Gasteiger partial charge on any atom is -0.477 e. The van der Waals surface area contributed by atoms with Gasteiger partial charge in [0.1, 0.15) is 5.54 Å². The van der Waals surface area contributed by atoms with E-state index in [2.05, 4.69) is 20.3 Å². The van der Waals surface area contributed by atoms with Gasteiger partial charge in [-0.05, 0) is 50.1 Å². The molecule has 1 amide bonds. The van der Waals surface area contributed by atoms with E-state index in [1.54, 1.807) is 41.7 Å². The average Bonchev–Trinajstić information content (AvgIpc) is 3.60. The maximum Gasteiger partial charge on any atom is 0.257 e. The smallest absolute Gasteiger partial charge is 0.257 e. The molecule has 33 heavy (non-hydrogen) atoms. The van der Waals surface area contributed by atoms with Gasteiger partial charge < -0.3 is 14.2 Å². The Morgan fingerprint density at radius 3 is 2.88 bits per heavy atom. The number of likely N-dealkylation sites (tertiary alicyclic amines) is 1. The largest absolute Gasteiger partial charge is 0.477 e. The molecule has 10 nitrogen and oxygen atoms in total. The standard InChI is InChI=1S/C22H20ClN7O3/c1-2-32-20-16(5-3-9-24-20)19-27-21(33-28-19)22(8-4-12-29(22)14-31)17-13-15(23)6-7-18(17)30-25-10-11-26-30/h3,5-7,9-11,13-14H,2,4,8,12H2,1H3/t22-/m0/s1. The number of benzene rings is 1. The van der Waals surface area contributed by atoms with Gasteiger partial charge in [-0.3, -0.25) is 4.79 Å². The number of hydrogen-bond donors (Lipinski definition) is 0. The fraction of sp³-hybridized carbons (Fsp3) is 0.273. The van der Waals surface area contributed by atoms with Gasteiger partial charge in [-0.25, -0.2) is 4.98 Å². The third-order valence-electron chi connectivity index (χ3n) is 5.67. The molecule has 11 heteroatoms. The first-order chi connectivity index (χ1) is 16.2. The predicted octanol–water partition coefficient (Wildman–Crippen LogP) is 3.26. The Balaban J connectivity index is 1.70. The molecule has 1 atom stereocenters. The Morgan fingerprint density at radius 1 is 1.24 bits per heavy atom. The average molecular weight is 466 g/mol. The SMILES string of the molecule is CCOc1ncccc1-c1noc([C@@]2(c3cc(Cl)ccc3-n3nccn3)CCCN2C=O)n1. The second-order valence-electron chi connectivity index (χ2n) is 7.45. The third-order valence-corrected chi connectivity index (χ3v) is 5.90. The Morgan fingerprint density at radius 2 is 2.09 bits per heavy atom. The summed E-state index contributed by atoms with van der Waals surface area (Å²) in [6, 6.07) is 8.94. The van der Waals surface area contributed by atoms with Crippen molar-refractivity contribution >= 4 is 18.0 Å². The molecule has 1 aromatic carbocycles. The maximum atomic E-state index is 12.2. The molecule has 168 valence electrons. The molecular weight excluding hydrogens is 446 g/mol. The van der Waals surface area contributed by atoms with Gasteiger partial charge in [0.25, 0.3) is 5.89 Å². The van der Waals surface area contributed by atoms with Crippen LogP contribution in [0.3, 0.4) is 0 Å². The zero-order valence-electron chi connectivity index (χ0n) is 17.8. The summed E-state index contributed by atoms with van der Waals surface area (Å²) in [6.45, 7) is 2.84. The molecular formula is C22H20ClN7O3. The lowest BCUT2D eigenvalue weighted by molar-refractivity contribution is -0.121. The lowest BCUT2D eigenvalue weighted by atomic mass is 9.85. The van der Waals surface area contributed by atoms with Crippen LogP contribution in [0, 0.1) is 0 Å². The van der Waals surface area contributed by atoms with Crippen molar-refractivity contribution in [1.29, 1.82) is 0 Å². The number of nitrogens with zero attached hydrogens (tertiary/aromatic N) is 7. The first kappa shape index (κ1) is 21.1. The van der Waals surface area contributed by atoms with Crippen molar-refractivity contribution in [3.63, 3.8) is 0 Å². The fourth-order valence-electron chi connectivity index (χ4n) is 4.28. The first-order valence-electron chi connectivity index (χ1n) is 10.5. The van der Waals surface area contributed by atoms with Crippen molar-refractivity contribution in [2.24, 2.45) is 0 Å². The second kappa shape index (κ2) is 8.62. The highest BCUT2D eigenvalue weighted by molar-refractivity contribution is 6.30. The summed E-state index contributed by atoms with van der Waals surface area (Å²) in [5, 5.41) is 13.3. The van der Waals surface area contributed by atoms with E-state index in [0.29, 0.717) is 53.1 Å². The van der Waals surface area contributed by atoms with Crippen molar-refractivity contribution in [3.8, 4) is 23.0 Å². The zero-order valence-corrected chi connectivity index (χ0v) is 18.5. The lowest BCUT2D eigenvalue weighted by Gasteiger charge is -2.34. The molecule has 0 saturated carbocycles. The summed E-state index contributed by atoms with van der Waals surface area (Å²) in [4.78, 5) is 24.3. The van der Waals surface area contributed by atoms with Crippen LogP contribution in [0.15, 0.2) is 53.4 Å². The van der Waals surface area contributed by atoms with Crippen molar-refractivity contribution in [3.05, 3.63) is 65.4 Å². The maximum absolute atomic E-state index is 12.2. The van der Waals surface area contributed by atoms with E-state index in [4.69, 9.17) is 25.8 Å². The summed E-state index contributed by atoms with van der Waals surface area (Å²) in [6.07, 6.45) is 6.91. The van der Waals surface area contributed by atoms with Crippen LogP contribution in [0.1, 0.15) is 31.2 Å². The molecule has 0 bridgehead atoms. The molecule has 0 aliphatic carbocycles. The van der Waals surface area contributed by atoms with Gasteiger partial charge in [0.15, 0.2) is 0 Å². The number of amides is 1. The highest BCUT2D eigenvalue weighted by atomic mass is 35.5. The van der Waals surface area contributed by atoms with E-state index >= 15 is 0 Å². The minimum absolute atomic E-state index is 0.268. The number of pyridine rings is 1. The predicted molar refractivity (Wildman–Crippen MR) is 118 cm³/mol. The van der Waals surface area contributed by atoms with Gasteiger partial charge in [-0.2, -0.15) is 20.0 Å². The summed E-state index contributed by atoms with van der Waals surface area (Å²) >= 11 is 6.41. The van der Waals surface area contributed by atoms with Gasteiger partial charge in [0.2, 0.25) is 18.1 Å². The van der Waals surface area contributed by atoms with Crippen LogP contribution in [0.4, 0.5) is 0 Å².